The van der Waals surface area contributed by atoms with Crippen molar-refractivity contribution in [2.75, 3.05) is 11.9 Å². The molecule has 0 bridgehead atoms. The summed E-state index contributed by atoms with van der Waals surface area (Å²) in [5.41, 5.74) is 3.21. The van der Waals surface area contributed by atoms with Gasteiger partial charge < -0.3 is 10.1 Å². The van der Waals surface area contributed by atoms with Gasteiger partial charge in [-0.1, -0.05) is 19.9 Å². The third-order valence-electron chi connectivity index (χ3n) is 5.02. The monoisotopic (exact) mass is 396 g/mol. The molecule has 3 aromatic heterocycles. The average Bonchev–Trinajstić information content (AvgIpc) is 3.14. The molecule has 1 unspecified atom stereocenters. The van der Waals surface area contributed by atoms with E-state index in [1.165, 1.54) is 4.68 Å². The van der Waals surface area contributed by atoms with Crippen molar-refractivity contribution < 1.29 is 4.74 Å². The lowest BCUT2D eigenvalue weighted by atomic mass is 9.94. The maximum absolute atomic E-state index is 12.4. The van der Waals surface area contributed by atoms with E-state index in [0.717, 1.165) is 17.0 Å². The normalized spacial score (nSPS) is 13.1. The lowest BCUT2D eigenvalue weighted by molar-refractivity contribution is 0.227. The highest BCUT2D eigenvalue weighted by Crippen LogP contribution is 2.23. The van der Waals surface area contributed by atoms with Gasteiger partial charge in [-0.15, -0.1) is 5.10 Å². The summed E-state index contributed by atoms with van der Waals surface area (Å²) >= 11 is 0. The second kappa shape index (κ2) is 8.89. The average molecular weight is 396 g/mol. The highest BCUT2D eigenvalue weighted by atomic mass is 16.5. The van der Waals surface area contributed by atoms with E-state index in [-0.39, 0.29) is 17.4 Å². The van der Waals surface area contributed by atoms with Crippen LogP contribution in [0, 0.1) is 12.8 Å². The van der Waals surface area contributed by atoms with Gasteiger partial charge in [0.25, 0.3) is 5.56 Å². The highest BCUT2D eigenvalue weighted by Gasteiger charge is 2.18. The topological polar surface area (TPSA) is 86.9 Å². The Morgan fingerprint density at radius 2 is 1.97 bits per heavy atom. The largest absolute Gasteiger partial charge is 0.476 e. The SMILES string of the molecule is Cc1ccc(CNc2cc(OCC(C)[C@H](C)c3ccn(C)n3)nn(C)c2=O)nc1. The van der Waals surface area contributed by atoms with Crippen molar-refractivity contribution in [2.24, 2.45) is 20.0 Å². The summed E-state index contributed by atoms with van der Waals surface area (Å²) in [6.45, 7) is 7.16. The van der Waals surface area contributed by atoms with Crippen molar-refractivity contribution in [3.8, 4) is 5.88 Å². The smallest absolute Gasteiger partial charge is 0.290 e. The molecule has 0 saturated heterocycles. The molecule has 0 amide bonds. The Morgan fingerprint density at radius 1 is 1.17 bits per heavy atom. The second-order valence-corrected chi connectivity index (χ2v) is 7.50. The number of hydrogen-bond acceptors (Lipinski definition) is 6. The molecule has 0 aliphatic rings. The Hall–Kier alpha value is -3.16. The first-order chi connectivity index (χ1) is 13.8. The molecule has 0 spiro atoms. The van der Waals surface area contributed by atoms with Gasteiger partial charge in [-0.25, -0.2) is 4.68 Å². The van der Waals surface area contributed by atoms with Crippen LogP contribution in [0.4, 0.5) is 5.69 Å². The van der Waals surface area contributed by atoms with Crippen molar-refractivity contribution >= 4 is 5.69 Å². The minimum atomic E-state index is -0.209. The first kappa shape index (κ1) is 20.6. The Bertz CT molecular complexity index is 1010. The number of aromatic nitrogens is 5. The number of rotatable bonds is 8. The van der Waals surface area contributed by atoms with Gasteiger partial charge in [0.15, 0.2) is 0 Å². The van der Waals surface area contributed by atoms with E-state index in [1.54, 1.807) is 24.0 Å². The molecule has 2 atom stereocenters. The summed E-state index contributed by atoms with van der Waals surface area (Å²) in [5.74, 6) is 0.887. The molecule has 3 heterocycles. The highest BCUT2D eigenvalue weighted by molar-refractivity contribution is 5.43. The Labute approximate surface area is 170 Å². The van der Waals surface area contributed by atoms with Crippen molar-refractivity contribution in [3.63, 3.8) is 0 Å². The maximum Gasteiger partial charge on any atom is 0.290 e. The molecule has 29 heavy (non-hydrogen) atoms. The number of hydrogen-bond donors (Lipinski definition) is 1. The molecule has 8 nitrogen and oxygen atoms in total. The van der Waals surface area contributed by atoms with Gasteiger partial charge in [0.2, 0.25) is 5.88 Å². The molecule has 0 fully saturated rings. The van der Waals surface area contributed by atoms with E-state index in [9.17, 15) is 4.79 Å². The van der Waals surface area contributed by atoms with Crippen LogP contribution in [0.25, 0.3) is 0 Å². The van der Waals surface area contributed by atoms with Gasteiger partial charge in [-0.2, -0.15) is 5.10 Å². The fourth-order valence-electron chi connectivity index (χ4n) is 2.90. The summed E-state index contributed by atoms with van der Waals surface area (Å²) in [6, 6.07) is 7.60. The standard InChI is InChI=1S/C21H28N6O2/c1-14-6-7-17(22-11-14)12-23-19-10-20(25-27(5)21(19)28)29-13-15(2)16(3)18-8-9-26(4)24-18/h6-11,15-16,23H,12-13H2,1-5H3/t15?,16-/m0/s1. The Balaban J connectivity index is 1.65. The van der Waals surface area contributed by atoms with Crippen LogP contribution in [0.1, 0.15) is 36.7 Å². The van der Waals surface area contributed by atoms with Crippen molar-refractivity contribution in [2.45, 2.75) is 33.2 Å². The number of nitrogens with one attached hydrogen (secondary N) is 1. The molecular weight excluding hydrogens is 368 g/mol. The van der Waals surface area contributed by atoms with Gasteiger partial charge in [0, 0.05) is 38.5 Å². The van der Waals surface area contributed by atoms with Crippen LogP contribution in [-0.2, 0) is 20.6 Å². The van der Waals surface area contributed by atoms with E-state index in [4.69, 9.17) is 4.74 Å². The van der Waals surface area contributed by atoms with Crippen LogP contribution in [0.5, 0.6) is 5.88 Å². The molecule has 0 aliphatic carbocycles. The maximum atomic E-state index is 12.4. The zero-order valence-corrected chi connectivity index (χ0v) is 17.6. The number of ether oxygens (including phenoxy) is 1. The lowest BCUT2D eigenvalue weighted by Crippen LogP contribution is -2.25. The van der Waals surface area contributed by atoms with E-state index in [0.29, 0.717) is 24.7 Å². The van der Waals surface area contributed by atoms with Gasteiger partial charge >= 0.3 is 0 Å². The molecular formula is C21H28N6O2. The first-order valence-corrected chi connectivity index (χ1v) is 9.69. The van der Waals surface area contributed by atoms with Gasteiger partial charge in [-0.3, -0.25) is 14.5 Å². The number of aryl methyl sites for hydroxylation is 3. The van der Waals surface area contributed by atoms with Crippen LogP contribution in [0.3, 0.4) is 0 Å². The first-order valence-electron chi connectivity index (χ1n) is 9.69. The molecule has 0 aliphatic heterocycles. The second-order valence-electron chi connectivity index (χ2n) is 7.50. The van der Waals surface area contributed by atoms with Crippen LogP contribution in [0.15, 0.2) is 41.5 Å². The predicted octanol–water partition coefficient (Wildman–Crippen LogP) is 2.65. The number of anilines is 1. The number of pyridine rings is 1. The summed E-state index contributed by atoms with van der Waals surface area (Å²) in [5, 5.41) is 11.8. The van der Waals surface area contributed by atoms with Crippen LogP contribution >= 0.6 is 0 Å². The van der Waals surface area contributed by atoms with Crippen LogP contribution in [-0.4, -0.2) is 31.2 Å². The zero-order valence-electron chi connectivity index (χ0n) is 17.6. The molecule has 8 heteroatoms. The Kier molecular flexibility index (Phi) is 6.31. The fraction of sp³-hybridized carbons (Fsp3) is 0.429. The van der Waals surface area contributed by atoms with E-state index in [1.807, 2.05) is 38.4 Å². The molecule has 1 N–H and O–H groups in total. The van der Waals surface area contributed by atoms with Gasteiger partial charge in [0.1, 0.15) is 5.69 Å². The third-order valence-corrected chi connectivity index (χ3v) is 5.02. The molecule has 0 aromatic carbocycles. The van der Waals surface area contributed by atoms with E-state index in [2.05, 4.69) is 34.3 Å². The summed E-state index contributed by atoms with van der Waals surface area (Å²) in [6.07, 6.45) is 3.75. The molecule has 154 valence electrons. The summed E-state index contributed by atoms with van der Waals surface area (Å²) in [7, 11) is 3.52. The van der Waals surface area contributed by atoms with Gasteiger partial charge in [-0.05, 0) is 30.5 Å². The Morgan fingerprint density at radius 3 is 2.62 bits per heavy atom. The minimum absolute atomic E-state index is 0.209. The summed E-state index contributed by atoms with van der Waals surface area (Å²) < 4.78 is 8.99. The van der Waals surface area contributed by atoms with E-state index >= 15 is 0 Å². The summed E-state index contributed by atoms with van der Waals surface area (Å²) in [4.78, 5) is 16.7. The van der Waals surface area contributed by atoms with Crippen molar-refractivity contribution in [3.05, 3.63) is 64.0 Å². The van der Waals surface area contributed by atoms with Crippen molar-refractivity contribution in [1.29, 1.82) is 0 Å². The van der Waals surface area contributed by atoms with Crippen LogP contribution < -0.4 is 15.6 Å². The quantitative estimate of drug-likeness (QED) is 0.630. The minimum Gasteiger partial charge on any atom is -0.476 e. The lowest BCUT2D eigenvalue weighted by Gasteiger charge is -2.19. The van der Waals surface area contributed by atoms with E-state index < -0.39 is 0 Å². The van der Waals surface area contributed by atoms with Crippen LogP contribution in [0.2, 0.25) is 0 Å². The fourth-order valence-corrected chi connectivity index (χ4v) is 2.90. The van der Waals surface area contributed by atoms with Crippen molar-refractivity contribution in [1.82, 2.24) is 24.5 Å². The third kappa shape index (κ3) is 5.22. The molecule has 0 radical (unpaired) electrons. The zero-order chi connectivity index (χ0) is 21.0. The predicted molar refractivity (Wildman–Crippen MR) is 112 cm³/mol. The molecule has 3 rings (SSSR count). The molecule has 3 aromatic rings. The molecule has 0 saturated carbocycles. The number of nitrogens with zero attached hydrogens (tertiary/aromatic N) is 5. The van der Waals surface area contributed by atoms with Gasteiger partial charge in [0.05, 0.1) is 24.5 Å².